The molecule has 4 nitrogen and oxygen atoms in total. The zero-order valence-electron chi connectivity index (χ0n) is 65.5. The highest BCUT2D eigenvalue weighted by molar-refractivity contribution is 6.17. The Morgan fingerprint density at radius 3 is 0.967 bits per heavy atom. The van der Waals surface area contributed by atoms with Crippen LogP contribution >= 0.6 is 0 Å². The van der Waals surface area contributed by atoms with Crippen molar-refractivity contribution in [3.05, 3.63) is 493 Å². The van der Waals surface area contributed by atoms with Gasteiger partial charge in [0.05, 0.1) is 55.6 Å². The molecule has 0 fully saturated rings. The second-order valence-electron chi connectivity index (χ2n) is 32.5. The highest BCUT2D eigenvalue weighted by Crippen LogP contribution is 2.65. The van der Waals surface area contributed by atoms with Gasteiger partial charge in [0.2, 0.25) is 0 Å². The van der Waals surface area contributed by atoms with Crippen LogP contribution in [0, 0.1) is 0 Å². The van der Waals surface area contributed by atoms with Crippen LogP contribution in [0.15, 0.2) is 449 Å². The van der Waals surface area contributed by atoms with Crippen LogP contribution in [0.5, 0.6) is 0 Å². The van der Waals surface area contributed by atoms with E-state index in [4.69, 9.17) is 0 Å². The van der Waals surface area contributed by atoms with Gasteiger partial charge >= 0.3 is 0 Å². The maximum atomic E-state index is 2.56. The summed E-state index contributed by atoms with van der Waals surface area (Å²) >= 11 is 0. The smallest absolute Gasteiger partial charge is 0.0755 e. The molecular formula is C116H74N4. The molecule has 0 bridgehead atoms. The number of benzene rings is 19. The number of para-hydroxylation sites is 7. The third-order valence-corrected chi connectivity index (χ3v) is 26.5. The van der Waals surface area contributed by atoms with Gasteiger partial charge in [-0.25, -0.2) is 0 Å². The molecule has 0 radical (unpaired) electrons. The fraction of sp³-hybridized carbons (Fsp3) is 0.0172. The van der Waals surface area contributed by atoms with Crippen LogP contribution in [0.25, 0.3) is 144 Å². The van der Waals surface area contributed by atoms with Crippen molar-refractivity contribution in [3.8, 4) is 100 Å². The van der Waals surface area contributed by atoms with E-state index in [0.717, 1.165) is 78.6 Å². The zero-order valence-corrected chi connectivity index (χ0v) is 65.5. The van der Waals surface area contributed by atoms with Crippen LogP contribution in [0.4, 0.5) is 34.1 Å². The van der Waals surface area contributed by atoms with E-state index in [-0.39, 0.29) is 0 Å². The van der Waals surface area contributed by atoms with Gasteiger partial charge in [-0.1, -0.05) is 352 Å². The number of fused-ring (bicyclic) bond motifs is 24. The summed E-state index contributed by atoms with van der Waals surface area (Å²) < 4.78 is 5.12. The monoisotopic (exact) mass is 1520 g/mol. The van der Waals surface area contributed by atoms with Crippen LogP contribution in [-0.4, -0.2) is 9.13 Å². The SMILES string of the molecule is c1ccc(-c2ccc(-c3ccccc3N(c3ccc(-c4cccc(-c5ccc6c(c5)-c5ccccc5C65c6ccccc6-n6c7ccccc7c7cc(N(c8ccccc8)c8ccccc8-c8ccc(-c9ccccc9)cc8)cc5c76)c4)cc3)c3cc4c5c(c3)c3ccccc3n5-c3ccccc3C43c4ccccc4-c4ccccc43)cc2)cc1. The quantitative estimate of drug-likeness (QED) is 0.121. The lowest BCUT2D eigenvalue weighted by molar-refractivity contribution is 0.748. The van der Waals surface area contributed by atoms with Crippen molar-refractivity contribution in [2.45, 2.75) is 10.8 Å². The highest BCUT2D eigenvalue weighted by Gasteiger charge is 2.53. The molecule has 558 valence electrons. The summed E-state index contributed by atoms with van der Waals surface area (Å²) in [6.45, 7) is 0. The second-order valence-corrected chi connectivity index (χ2v) is 32.5. The van der Waals surface area contributed by atoms with Crippen LogP contribution in [0.2, 0.25) is 0 Å². The summed E-state index contributed by atoms with van der Waals surface area (Å²) in [5.41, 5.74) is 41.5. The molecule has 120 heavy (non-hydrogen) atoms. The first-order valence-corrected chi connectivity index (χ1v) is 41.7. The third kappa shape index (κ3) is 9.76. The second kappa shape index (κ2) is 26.5. The Kier molecular flexibility index (Phi) is 14.9. The van der Waals surface area contributed by atoms with Gasteiger partial charge < -0.3 is 18.9 Å². The van der Waals surface area contributed by atoms with E-state index in [1.807, 2.05) is 0 Å². The normalized spacial score (nSPS) is 13.9. The van der Waals surface area contributed by atoms with Crippen molar-refractivity contribution in [1.82, 2.24) is 9.13 Å². The van der Waals surface area contributed by atoms with Gasteiger partial charge in [-0.3, -0.25) is 0 Å². The lowest BCUT2D eigenvalue weighted by Gasteiger charge is -2.40. The molecule has 25 rings (SSSR count). The van der Waals surface area contributed by atoms with E-state index < -0.39 is 10.8 Å². The number of hydrogen-bond donors (Lipinski definition) is 0. The minimum atomic E-state index is -0.721. The van der Waals surface area contributed by atoms with Crippen molar-refractivity contribution in [2.24, 2.45) is 0 Å². The first kappa shape index (κ1) is 67.7. The molecule has 1 unspecified atom stereocenters. The molecule has 0 N–H and O–H groups in total. The average Bonchev–Trinajstić information content (AvgIpc) is 1.49. The Bertz CT molecular complexity index is 7720. The lowest BCUT2D eigenvalue weighted by Crippen LogP contribution is -2.33. The van der Waals surface area contributed by atoms with Gasteiger partial charge in [0.1, 0.15) is 0 Å². The standard InChI is InChI=1S/C116H74N4/c1-4-29-75(30-5-1)77-55-59-80(60-56-77)89-37-13-22-49-107(89)117(85-35-8-3-9-36-85)87-71-97-94-42-15-25-52-110(94)120-112-54-27-21-48-104(112)116(106(73-87)114(97)120)101-46-19-12-41-93(101)96-70-84(65-68-102(96)116)83-34-28-33-82(69-83)79-63-66-86(67-64-79)118(108-50-23-14-38-90(108)81-61-57-78(58-62-81)76-31-6-2-7-32-76)88-72-98-95-43-16-24-51-109(95)119-111-53-26-20-47-103(111)115(105(74-88)113(98)119)99-44-17-10-39-91(99)92-40-11-18-45-100(92)115/h1-74H. The molecule has 0 saturated carbocycles. The van der Waals surface area contributed by atoms with Crippen molar-refractivity contribution < 1.29 is 0 Å². The van der Waals surface area contributed by atoms with Crippen LogP contribution in [0.1, 0.15) is 44.5 Å². The van der Waals surface area contributed by atoms with E-state index >= 15 is 0 Å². The Labute approximate surface area is 696 Å². The summed E-state index contributed by atoms with van der Waals surface area (Å²) in [6, 6.07) is 169. The molecule has 2 aliphatic heterocycles. The topological polar surface area (TPSA) is 16.3 Å². The van der Waals surface area contributed by atoms with Gasteiger partial charge in [-0.15, -0.1) is 0 Å². The fourth-order valence-corrected chi connectivity index (χ4v) is 21.5. The summed E-state index contributed by atoms with van der Waals surface area (Å²) in [7, 11) is 0. The molecule has 19 aromatic carbocycles. The maximum absolute atomic E-state index is 2.56. The van der Waals surface area contributed by atoms with Crippen molar-refractivity contribution >= 4 is 77.7 Å². The van der Waals surface area contributed by atoms with Gasteiger partial charge in [0, 0.05) is 55.4 Å². The summed E-state index contributed by atoms with van der Waals surface area (Å²) in [6.07, 6.45) is 0. The van der Waals surface area contributed by atoms with Crippen molar-refractivity contribution in [1.29, 1.82) is 0 Å². The van der Waals surface area contributed by atoms with E-state index in [1.165, 1.54) is 144 Å². The van der Waals surface area contributed by atoms with Crippen molar-refractivity contribution in [3.63, 3.8) is 0 Å². The molecule has 4 aliphatic rings. The van der Waals surface area contributed by atoms with E-state index in [9.17, 15) is 0 Å². The lowest BCUT2D eigenvalue weighted by atomic mass is 9.65. The number of nitrogens with zero attached hydrogens (tertiary/aromatic N) is 4. The predicted octanol–water partition coefficient (Wildman–Crippen LogP) is 30.2. The molecule has 0 saturated heterocycles. The maximum Gasteiger partial charge on any atom is 0.0755 e. The van der Waals surface area contributed by atoms with E-state index in [2.05, 4.69) is 468 Å². The van der Waals surface area contributed by atoms with Gasteiger partial charge in [0.15, 0.2) is 0 Å². The number of aromatic nitrogens is 2. The summed E-state index contributed by atoms with van der Waals surface area (Å²) in [4.78, 5) is 5.04. The molecule has 4 heterocycles. The van der Waals surface area contributed by atoms with Crippen molar-refractivity contribution in [2.75, 3.05) is 9.80 Å². The fourth-order valence-electron chi connectivity index (χ4n) is 21.5. The minimum Gasteiger partial charge on any atom is -0.310 e. The first-order valence-electron chi connectivity index (χ1n) is 41.7. The Hall–Kier alpha value is -15.6. The molecule has 2 aromatic heterocycles. The number of hydrogen-bond acceptors (Lipinski definition) is 2. The van der Waals surface area contributed by atoms with E-state index in [1.54, 1.807) is 0 Å². The Morgan fingerprint density at radius 1 is 0.167 bits per heavy atom. The molecule has 21 aromatic rings. The molecule has 0 amide bonds. The predicted molar refractivity (Wildman–Crippen MR) is 499 cm³/mol. The molecular weight excluding hydrogens is 1450 g/mol. The average molecular weight is 1520 g/mol. The molecule has 2 spiro atoms. The zero-order chi connectivity index (χ0) is 78.7. The Balaban J connectivity index is 0.644. The first-order chi connectivity index (χ1) is 59.5. The minimum absolute atomic E-state index is 0.639. The van der Waals surface area contributed by atoms with Gasteiger partial charge in [-0.2, -0.15) is 0 Å². The van der Waals surface area contributed by atoms with Gasteiger partial charge in [-0.05, 0) is 219 Å². The van der Waals surface area contributed by atoms with Crippen LogP contribution in [-0.2, 0) is 10.8 Å². The van der Waals surface area contributed by atoms with Crippen LogP contribution in [0.3, 0.4) is 0 Å². The third-order valence-electron chi connectivity index (χ3n) is 26.5. The van der Waals surface area contributed by atoms with E-state index in [0.29, 0.717) is 0 Å². The largest absolute Gasteiger partial charge is 0.310 e. The molecule has 2 aliphatic carbocycles. The van der Waals surface area contributed by atoms with Crippen LogP contribution < -0.4 is 9.80 Å². The number of rotatable bonds is 12. The number of anilines is 6. The summed E-state index contributed by atoms with van der Waals surface area (Å²) in [5, 5.41) is 4.86. The Morgan fingerprint density at radius 2 is 0.483 bits per heavy atom. The van der Waals surface area contributed by atoms with Gasteiger partial charge in [0.25, 0.3) is 0 Å². The molecule has 1 atom stereocenters. The molecule has 4 heteroatoms. The summed E-state index contributed by atoms with van der Waals surface area (Å²) in [5.74, 6) is 0. The highest BCUT2D eigenvalue weighted by atomic mass is 15.2.